The molecule has 162 valence electrons. The second kappa shape index (κ2) is 8.70. The van der Waals surface area contributed by atoms with Crippen molar-refractivity contribution in [3.8, 4) is 0 Å². The highest BCUT2D eigenvalue weighted by Gasteiger charge is 2.28. The molecule has 3 aromatic carbocycles. The van der Waals surface area contributed by atoms with E-state index in [1.54, 1.807) is 24.3 Å². The van der Waals surface area contributed by atoms with Crippen molar-refractivity contribution in [2.24, 2.45) is 0 Å². The van der Waals surface area contributed by atoms with Gasteiger partial charge in [0.1, 0.15) is 22.1 Å². The van der Waals surface area contributed by atoms with Crippen LogP contribution in [0.3, 0.4) is 0 Å². The van der Waals surface area contributed by atoms with E-state index in [-0.39, 0.29) is 16.6 Å². The number of amides is 1. The smallest absolute Gasteiger partial charge is 0.321 e. The monoisotopic (exact) mass is 446 g/mol. The van der Waals surface area contributed by atoms with Crippen molar-refractivity contribution in [2.75, 3.05) is 18.4 Å². The third-order valence-corrected chi connectivity index (χ3v) is 6.89. The molecule has 3 aromatic rings. The van der Waals surface area contributed by atoms with E-state index in [1.807, 2.05) is 0 Å². The fraction of sp³-hybridized carbons (Fsp3) is 0.227. The number of anilines is 1. The van der Waals surface area contributed by atoms with Crippen LogP contribution in [0.4, 0.5) is 14.5 Å². The number of hydrogen-bond acceptors (Lipinski definition) is 3. The zero-order chi connectivity index (χ0) is 22.0. The molecule has 1 aliphatic heterocycles. The van der Waals surface area contributed by atoms with Gasteiger partial charge in [-0.15, -0.1) is 0 Å². The summed E-state index contributed by atoms with van der Waals surface area (Å²) in [5.41, 5.74) is -0.404. The summed E-state index contributed by atoms with van der Waals surface area (Å²) >= 11 is 0. The lowest BCUT2D eigenvalue weighted by molar-refractivity contribution is 0.101. The summed E-state index contributed by atoms with van der Waals surface area (Å²) in [6.45, 7) is 1.54. The molecular weight excluding hydrogens is 424 g/mol. The number of benzene rings is 3. The van der Waals surface area contributed by atoms with Gasteiger partial charge in [-0.1, -0.05) is 30.3 Å². The van der Waals surface area contributed by atoms with Crippen molar-refractivity contribution in [3.63, 3.8) is 0 Å². The van der Waals surface area contributed by atoms with Crippen LogP contribution in [0, 0.1) is 11.6 Å². The van der Waals surface area contributed by atoms with E-state index in [9.17, 15) is 22.0 Å². The Kier molecular flexibility index (Phi) is 5.99. The number of rotatable bonds is 5. The Morgan fingerprint density at radius 1 is 0.968 bits per heavy atom. The van der Waals surface area contributed by atoms with Gasteiger partial charge in [-0.25, -0.2) is 13.0 Å². The average molecular weight is 446 g/mol. The number of nitrogens with one attached hydrogen (secondary N) is 3. The number of fused-ring (bicyclic) bond motifs is 1. The van der Waals surface area contributed by atoms with E-state index in [1.165, 1.54) is 18.2 Å². The summed E-state index contributed by atoms with van der Waals surface area (Å²) in [6, 6.07) is 12.8. The molecule has 1 aliphatic rings. The minimum absolute atomic E-state index is 0.0964. The van der Waals surface area contributed by atoms with Crippen molar-refractivity contribution in [3.05, 3.63) is 71.8 Å². The Bertz CT molecular complexity index is 1220. The summed E-state index contributed by atoms with van der Waals surface area (Å²) < 4.78 is 54.7. The van der Waals surface area contributed by atoms with Crippen LogP contribution in [0.15, 0.2) is 59.5 Å². The molecule has 1 unspecified atom stereocenters. The van der Waals surface area contributed by atoms with Gasteiger partial charge in [-0.3, -0.25) is 4.79 Å². The van der Waals surface area contributed by atoms with E-state index in [0.717, 1.165) is 38.1 Å². The molecule has 1 atom stereocenters. The zero-order valence-electron chi connectivity index (χ0n) is 16.5. The molecule has 1 saturated heterocycles. The van der Waals surface area contributed by atoms with Gasteiger partial charge in [-0.2, -0.15) is 8.93 Å². The number of hydrogen-bond donors (Lipinski definition) is 3. The van der Waals surface area contributed by atoms with Crippen LogP contribution >= 0.6 is 0 Å². The number of carbonyl (C=O) groups excluding carboxylic acids is 1. The normalized spacial score (nSPS) is 16.7. The van der Waals surface area contributed by atoms with Gasteiger partial charge in [0, 0.05) is 22.5 Å². The quantitative estimate of drug-likeness (QED) is 0.524. The van der Waals surface area contributed by atoms with Crippen LogP contribution in [0.1, 0.15) is 23.2 Å². The second-order valence-electron chi connectivity index (χ2n) is 7.38. The first-order chi connectivity index (χ1) is 14.9. The molecule has 6 nitrogen and oxygen atoms in total. The second-order valence-corrected chi connectivity index (χ2v) is 9.10. The van der Waals surface area contributed by atoms with Gasteiger partial charge < -0.3 is 10.6 Å². The third kappa shape index (κ3) is 4.43. The van der Waals surface area contributed by atoms with Crippen molar-refractivity contribution in [1.82, 2.24) is 10.0 Å². The standard InChI is InChI=1S/C22H21F2N3O3S/c23-17-6-3-7-18(24)21(17)22(28)26-19-8-9-20(16-5-2-1-4-15(16)19)31(29,30)27-14-10-12-25-13-11-14/h1-9,14,25H,10-13H2,(H,26,28)(H,27,29,30)/p+1. The van der Waals surface area contributed by atoms with Gasteiger partial charge in [0.15, 0.2) is 0 Å². The summed E-state index contributed by atoms with van der Waals surface area (Å²) in [5.74, 6) is -2.88. The maximum absolute atomic E-state index is 14.0. The first kappa shape index (κ1) is 21.4. The van der Waals surface area contributed by atoms with Crippen molar-refractivity contribution >= 4 is 32.4 Å². The van der Waals surface area contributed by atoms with Crippen LogP contribution in [0.5, 0.6) is 0 Å². The van der Waals surface area contributed by atoms with Gasteiger partial charge in [0.2, 0.25) is 0 Å². The molecule has 0 radical (unpaired) electrons. The van der Waals surface area contributed by atoms with E-state index >= 15 is 0 Å². The van der Waals surface area contributed by atoms with Crippen molar-refractivity contribution < 1.29 is 22.0 Å². The summed E-state index contributed by atoms with van der Waals surface area (Å²) in [5, 5.41) is 6.68. The van der Waals surface area contributed by atoms with E-state index in [2.05, 4.69) is 15.4 Å². The summed E-state index contributed by atoms with van der Waals surface area (Å²) in [4.78, 5) is 12.7. The minimum atomic E-state index is -3.56. The highest BCUT2D eigenvalue weighted by atomic mass is 32.2. The molecular formula is C22H22F2N3O3S+. The first-order valence-electron chi connectivity index (χ1n) is 9.88. The van der Waals surface area contributed by atoms with Gasteiger partial charge >= 0.3 is 10.0 Å². The van der Waals surface area contributed by atoms with Crippen LogP contribution in [-0.2, 0) is 10.0 Å². The molecule has 31 heavy (non-hydrogen) atoms. The molecule has 4 N–H and O–H groups in total. The Hall–Kier alpha value is -2.88. The average Bonchev–Trinajstić information content (AvgIpc) is 2.74. The number of halogens is 2. The molecule has 0 aromatic heterocycles. The molecule has 0 bridgehead atoms. The Morgan fingerprint density at radius 3 is 2.29 bits per heavy atom. The third-order valence-electron chi connectivity index (χ3n) is 5.29. The Labute approximate surface area is 178 Å². The zero-order valence-corrected chi connectivity index (χ0v) is 17.3. The maximum atomic E-state index is 14.0. The predicted octanol–water partition coefficient (Wildman–Crippen LogP) is 3.56. The minimum Gasteiger partial charge on any atom is -0.321 e. The first-order valence-corrected chi connectivity index (χ1v) is 11.4. The van der Waals surface area contributed by atoms with Crippen molar-refractivity contribution in [1.29, 1.82) is 0 Å². The summed E-state index contributed by atoms with van der Waals surface area (Å²) in [6.07, 6.45) is 1.47. The van der Waals surface area contributed by atoms with Gasteiger partial charge in [0.05, 0.1) is 0 Å². The number of carbonyl (C=O) groups is 1. The molecule has 0 spiro atoms. The van der Waals surface area contributed by atoms with Crippen LogP contribution < -0.4 is 15.4 Å². The van der Waals surface area contributed by atoms with E-state index < -0.39 is 33.1 Å². The van der Waals surface area contributed by atoms with E-state index in [4.69, 9.17) is 0 Å². The number of piperidine rings is 1. The molecule has 1 fully saturated rings. The van der Waals surface area contributed by atoms with Crippen LogP contribution in [-0.4, -0.2) is 33.5 Å². The maximum Gasteiger partial charge on any atom is 0.374 e. The molecule has 1 heterocycles. The van der Waals surface area contributed by atoms with E-state index in [0.29, 0.717) is 10.8 Å². The molecule has 9 heteroatoms. The fourth-order valence-corrected chi connectivity index (χ4v) is 5.29. The lowest BCUT2D eigenvalue weighted by atomic mass is 10.1. The molecule has 4 rings (SSSR count). The topological polar surface area (TPSA) is 91.6 Å². The highest BCUT2D eigenvalue weighted by molar-refractivity contribution is 7.89. The van der Waals surface area contributed by atoms with Crippen molar-refractivity contribution in [2.45, 2.75) is 23.8 Å². The highest BCUT2D eigenvalue weighted by Crippen LogP contribution is 2.30. The molecule has 0 aliphatic carbocycles. The van der Waals surface area contributed by atoms with Gasteiger partial charge in [-0.05, 0) is 50.2 Å². The largest absolute Gasteiger partial charge is 0.374 e. The Morgan fingerprint density at radius 2 is 1.61 bits per heavy atom. The lowest BCUT2D eigenvalue weighted by Crippen LogP contribution is -2.42. The molecule has 1 amide bonds. The molecule has 0 saturated carbocycles. The predicted molar refractivity (Wildman–Crippen MR) is 116 cm³/mol. The Balaban J connectivity index is 1.69. The SMILES string of the molecule is O=C(Nc1ccc(S(=O)(=[OH+])NC2CCNCC2)c2ccccc12)c1c(F)cccc1F. The van der Waals surface area contributed by atoms with Crippen LogP contribution in [0.2, 0.25) is 0 Å². The lowest BCUT2D eigenvalue weighted by Gasteiger charge is -2.22. The van der Waals surface area contributed by atoms with Crippen LogP contribution in [0.25, 0.3) is 10.8 Å². The summed E-state index contributed by atoms with van der Waals surface area (Å²) in [7, 11) is -3.56. The fourth-order valence-electron chi connectivity index (χ4n) is 3.75. The van der Waals surface area contributed by atoms with Gasteiger partial charge in [0.25, 0.3) is 5.91 Å².